The number of carboxylic acids is 1. The smallest absolute Gasteiger partial charge is 0.870 e. The van der Waals surface area contributed by atoms with Crippen LogP contribution >= 0.6 is 0 Å². The Morgan fingerprint density at radius 2 is 1.12 bits per heavy atom. The molecule has 2 rings (SSSR count). The Hall–Kier alpha value is -4.90. The molecule has 0 saturated carbocycles. The van der Waals surface area contributed by atoms with Gasteiger partial charge in [0.2, 0.25) is 11.6 Å². The maximum atomic E-state index is 13.6. The first-order valence-electron chi connectivity index (χ1n) is 13.7. The fourth-order valence-electron chi connectivity index (χ4n) is 3.56. The molecule has 0 aliphatic heterocycles. The third-order valence-electron chi connectivity index (χ3n) is 5.46. The summed E-state index contributed by atoms with van der Waals surface area (Å²) in [5.74, 6) is -4.19. The molecule has 18 nitrogen and oxygen atoms in total. The molecule has 2 aromatic carbocycles. The van der Waals surface area contributed by atoms with Crippen LogP contribution in [0.1, 0.15) is 60.1 Å². The number of amides is 2. The van der Waals surface area contributed by atoms with Gasteiger partial charge in [-0.05, 0) is 64.8 Å². The zero-order valence-corrected chi connectivity index (χ0v) is 28.6. The van der Waals surface area contributed by atoms with Crippen LogP contribution in [0.4, 0.5) is 29.7 Å². The quantitative estimate of drug-likeness (QED) is 0.102. The second-order valence-electron chi connectivity index (χ2n) is 11.8. The number of methoxy groups -OCH3 is 1. The fraction of sp³-hybridized carbons (Fsp3) is 0.467. The third-order valence-corrected chi connectivity index (χ3v) is 5.46. The van der Waals surface area contributed by atoms with Crippen molar-refractivity contribution in [2.75, 3.05) is 7.11 Å². The van der Waals surface area contributed by atoms with E-state index in [1.807, 2.05) is 0 Å². The predicted molar refractivity (Wildman–Crippen MR) is 172 cm³/mol. The molecule has 0 saturated heterocycles. The maximum absolute atomic E-state index is 13.6. The molecule has 6 N–H and O–H groups in total. The molecular formula is C30H43F2LiN4O14. The first-order valence-corrected chi connectivity index (χ1v) is 13.7. The van der Waals surface area contributed by atoms with Gasteiger partial charge in [-0.3, -0.25) is 20.2 Å². The van der Waals surface area contributed by atoms with Gasteiger partial charge in [0.15, 0.2) is 0 Å². The van der Waals surface area contributed by atoms with Crippen molar-refractivity contribution in [3.63, 3.8) is 0 Å². The fourth-order valence-corrected chi connectivity index (χ4v) is 3.56. The van der Waals surface area contributed by atoms with Gasteiger partial charge < -0.3 is 40.9 Å². The van der Waals surface area contributed by atoms with E-state index in [1.54, 1.807) is 41.5 Å². The van der Waals surface area contributed by atoms with Gasteiger partial charge in [0.05, 0.1) is 17.0 Å². The molecule has 51 heavy (non-hydrogen) atoms. The van der Waals surface area contributed by atoms with Crippen LogP contribution in [0.25, 0.3) is 0 Å². The summed E-state index contributed by atoms with van der Waals surface area (Å²) < 4.78 is 41.8. The number of hydrogen-bond donors (Lipinski definition) is 3. The summed E-state index contributed by atoms with van der Waals surface area (Å²) in [4.78, 5) is 65.8. The van der Waals surface area contributed by atoms with E-state index in [2.05, 4.69) is 15.4 Å². The minimum Gasteiger partial charge on any atom is -0.870 e. The largest absolute Gasteiger partial charge is 1.00 e. The average Bonchev–Trinajstić information content (AvgIpc) is 2.89. The van der Waals surface area contributed by atoms with Crippen LogP contribution in [0.2, 0.25) is 0 Å². The zero-order valence-electron chi connectivity index (χ0n) is 28.6. The molecule has 0 heterocycles. The van der Waals surface area contributed by atoms with Gasteiger partial charge >= 0.3 is 54.4 Å². The SMILES string of the molecule is C.CC(C)(C)OC(=O)N[C@H](Cc1ccc([N+](=O)[O-])c(F)c1)C(=O)O.COC(=O)[C@@H](Cc1ccc([N+](=O)[O-])c(F)c1)NC(=O)OC(C)(C)C.O.[Li+].[OH-]. The van der Waals surface area contributed by atoms with Crippen molar-refractivity contribution in [2.45, 2.75) is 85.1 Å². The van der Waals surface area contributed by atoms with E-state index in [-0.39, 0.29) is 61.2 Å². The summed E-state index contributed by atoms with van der Waals surface area (Å²) in [5.41, 5.74) is -2.47. The van der Waals surface area contributed by atoms with Gasteiger partial charge in [-0.2, -0.15) is 8.78 Å². The number of benzene rings is 2. The van der Waals surface area contributed by atoms with E-state index >= 15 is 0 Å². The van der Waals surface area contributed by atoms with E-state index in [9.17, 15) is 48.2 Å². The number of rotatable bonds is 10. The monoisotopic (exact) mass is 728 g/mol. The molecule has 2 aromatic rings. The van der Waals surface area contributed by atoms with E-state index in [0.29, 0.717) is 0 Å². The van der Waals surface area contributed by atoms with Crippen molar-refractivity contribution in [2.24, 2.45) is 0 Å². The number of nitrogens with zero attached hydrogens (tertiary/aromatic N) is 2. The average molecular weight is 729 g/mol. The molecule has 0 aliphatic rings. The summed E-state index contributed by atoms with van der Waals surface area (Å²) in [6, 6.07) is 3.79. The number of nitrogens with one attached hydrogen (secondary N) is 2. The summed E-state index contributed by atoms with van der Waals surface area (Å²) in [6.07, 6.45) is -2.11. The Balaban J connectivity index is -0.000000402. The number of hydrogen-bond acceptors (Lipinski definition) is 12. The van der Waals surface area contributed by atoms with Gasteiger partial charge in [-0.15, -0.1) is 0 Å². The van der Waals surface area contributed by atoms with Gasteiger partial charge in [0.25, 0.3) is 0 Å². The van der Waals surface area contributed by atoms with Crippen molar-refractivity contribution in [3.05, 3.63) is 79.4 Å². The molecule has 21 heteroatoms. The summed E-state index contributed by atoms with van der Waals surface area (Å²) >= 11 is 0. The normalized spacial score (nSPS) is 11.3. The van der Waals surface area contributed by atoms with E-state index in [0.717, 1.165) is 31.4 Å². The number of carbonyl (C=O) groups excluding carboxylic acids is 3. The molecular weight excluding hydrogens is 685 g/mol. The summed E-state index contributed by atoms with van der Waals surface area (Å²) in [7, 11) is 1.14. The maximum Gasteiger partial charge on any atom is 1.00 e. The molecule has 2 atom stereocenters. The topological polar surface area (TPSA) is 288 Å². The second kappa shape index (κ2) is 22.7. The first-order chi connectivity index (χ1) is 21.5. The number of halogens is 2. The van der Waals surface area contributed by atoms with Crippen molar-refractivity contribution in [3.8, 4) is 0 Å². The van der Waals surface area contributed by atoms with Crippen LogP contribution in [0.3, 0.4) is 0 Å². The number of esters is 1. The minimum atomic E-state index is -1.36. The summed E-state index contributed by atoms with van der Waals surface area (Å²) in [5, 5.41) is 34.8. The van der Waals surface area contributed by atoms with Crippen molar-refractivity contribution >= 4 is 35.5 Å². The minimum absolute atomic E-state index is 0. The number of carbonyl (C=O) groups is 4. The molecule has 0 aliphatic carbocycles. The standard InChI is InChI=1S/C15H19FN2O6.C14H17FN2O6.CH4.Li.2H2O/c1-15(2,3)24-14(20)17-11(13(19)23-4)8-9-5-6-12(18(21)22)10(16)7-9;1-14(2,3)23-13(20)16-10(12(18)19)7-8-4-5-11(17(21)22)9(15)6-8;;;;/h5-7,11H,8H2,1-4H3,(H,17,20);4-6,10H,7H2,1-3H3,(H,16,20)(H,18,19);1H4;;2*1H2/q;;;+1;;/p-1/t11-;10-;;;;/m11..../s1. The van der Waals surface area contributed by atoms with Crippen LogP contribution in [0.15, 0.2) is 36.4 Å². The summed E-state index contributed by atoms with van der Waals surface area (Å²) in [6.45, 7) is 9.83. The number of ether oxygens (including phenoxy) is 3. The van der Waals surface area contributed by atoms with Crippen LogP contribution in [0, 0.1) is 31.9 Å². The van der Waals surface area contributed by atoms with E-state index < -0.39 is 80.3 Å². The predicted octanol–water partition coefficient (Wildman–Crippen LogP) is 1.24. The van der Waals surface area contributed by atoms with Crippen LogP contribution < -0.4 is 29.5 Å². The number of nitro benzene ring substituents is 2. The van der Waals surface area contributed by atoms with Crippen molar-refractivity contribution in [1.82, 2.24) is 10.6 Å². The van der Waals surface area contributed by atoms with Crippen molar-refractivity contribution in [1.29, 1.82) is 0 Å². The molecule has 0 radical (unpaired) electrons. The van der Waals surface area contributed by atoms with Gasteiger partial charge in [-0.25, -0.2) is 19.2 Å². The van der Waals surface area contributed by atoms with Crippen LogP contribution in [-0.2, 0) is 36.6 Å². The molecule has 0 fully saturated rings. The van der Waals surface area contributed by atoms with Gasteiger partial charge in [0.1, 0.15) is 23.3 Å². The molecule has 2 amide bonds. The number of aliphatic carboxylic acids is 1. The Bertz CT molecular complexity index is 1500. The molecule has 282 valence electrons. The van der Waals surface area contributed by atoms with Gasteiger partial charge in [0, 0.05) is 25.0 Å². The van der Waals surface area contributed by atoms with Crippen molar-refractivity contribution < 1.29 is 86.9 Å². The Morgan fingerprint density at radius 1 is 0.784 bits per heavy atom. The van der Waals surface area contributed by atoms with Crippen LogP contribution in [0.5, 0.6) is 0 Å². The third kappa shape index (κ3) is 19.8. The Kier molecular flexibility index (Phi) is 23.6. The molecule has 0 spiro atoms. The molecule has 0 aromatic heterocycles. The van der Waals surface area contributed by atoms with E-state index in [4.69, 9.17) is 14.6 Å². The van der Waals surface area contributed by atoms with Gasteiger partial charge in [-0.1, -0.05) is 19.6 Å². The Labute approximate surface area is 304 Å². The Morgan fingerprint density at radius 3 is 1.39 bits per heavy atom. The number of nitro groups is 2. The zero-order chi connectivity index (χ0) is 36.3. The van der Waals surface area contributed by atoms with E-state index in [1.165, 1.54) is 12.1 Å². The molecule has 0 unspecified atom stereocenters. The van der Waals surface area contributed by atoms with Crippen LogP contribution in [-0.4, -0.2) is 80.4 Å². The number of alkyl carbamates (subject to hydrolysis) is 2. The first kappa shape index (κ1) is 52.9. The second-order valence-corrected chi connectivity index (χ2v) is 11.8. The molecule has 0 bridgehead atoms. The number of carboxylic acid groups (broad SMARTS) is 1.